The summed E-state index contributed by atoms with van der Waals surface area (Å²) in [5, 5.41) is 0. The molecule has 0 saturated heterocycles. The molecule has 1 saturated carbocycles. The molecule has 1 fully saturated rings. The summed E-state index contributed by atoms with van der Waals surface area (Å²) in [4.78, 5) is 29.4. The van der Waals surface area contributed by atoms with Gasteiger partial charge >= 0.3 is 0 Å². The van der Waals surface area contributed by atoms with Crippen LogP contribution >= 0.6 is 0 Å². The van der Waals surface area contributed by atoms with Crippen LogP contribution in [0.15, 0.2) is 42.6 Å². The molecule has 1 aromatic carbocycles. The van der Waals surface area contributed by atoms with Crippen LogP contribution in [-0.4, -0.2) is 45.3 Å². The van der Waals surface area contributed by atoms with Crippen LogP contribution in [0.4, 0.5) is 0 Å². The van der Waals surface area contributed by atoms with Crippen molar-refractivity contribution >= 4 is 11.8 Å². The molecule has 5 nitrogen and oxygen atoms in total. The highest BCUT2D eigenvalue weighted by molar-refractivity contribution is 5.85. The van der Waals surface area contributed by atoms with E-state index in [-0.39, 0.29) is 30.4 Å². The van der Waals surface area contributed by atoms with E-state index in [1.54, 1.807) is 4.90 Å². The summed E-state index contributed by atoms with van der Waals surface area (Å²) in [7, 11) is 0. The van der Waals surface area contributed by atoms with Gasteiger partial charge in [-0.05, 0) is 37.5 Å². The number of carbonyl (C=O) groups excluding carboxylic acids is 2. The van der Waals surface area contributed by atoms with Crippen molar-refractivity contribution in [3.8, 4) is 0 Å². The quantitative estimate of drug-likeness (QED) is 0.817. The third kappa shape index (κ3) is 3.51. The molecule has 1 aromatic heterocycles. The number of rotatable bonds is 5. The minimum Gasteiger partial charge on any atom is -0.348 e. The van der Waals surface area contributed by atoms with Gasteiger partial charge in [0.2, 0.25) is 11.8 Å². The van der Waals surface area contributed by atoms with E-state index < -0.39 is 0 Å². The lowest BCUT2D eigenvalue weighted by atomic mass is 9.98. The summed E-state index contributed by atoms with van der Waals surface area (Å²) in [6, 6.07) is 12.7. The van der Waals surface area contributed by atoms with E-state index in [4.69, 9.17) is 0 Å². The van der Waals surface area contributed by atoms with Crippen molar-refractivity contribution < 1.29 is 9.59 Å². The van der Waals surface area contributed by atoms with Gasteiger partial charge in [-0.15, -0.1) is 0 Å². The van der Waals surface area contributed by atoms with Crippen LogP contribution in [0.25, 0.3) is 0 Å². The van der Waals surface area contributed by atoms with Crippen LogP contribution in [0.3, 0.4) is 0 Å². The van der Waals surface area contributed by atoms with Gasteiger partial charge in [0.05, 0.1) is 6.04 Å². The topological polar surface area (TPSA) is 45.6 Å². The van der Waals surface area contributed by atoms with E-state index in [1.165, 1.54) is 5.56 Å². The fourth-order valence-corrected chi connectivity index (χ4v) is 4.09. The summed E-state index contributed by atoms with van der Waals surface area (Å²) in [5.41, 5.74) is 3.45. The molecule has 4 rings (SSSR count). The minimum atomic E-state index is -0.0982. The molecule has 2 heterocycles. The first-order valence-corrected chi connectivity index (χ1v) is 9.89. The maximum absolute atomic E-state index is 13.3. The summed E-state index contributed by atoms with van der Waals surface area (Å²) in [5.74, 6) is 0.126. The Bertz CT molecular complexity index is 853. The Morgan fingerprint density at radius 2 is 1.96 bits per heavy atom. The Morgan fingerprint density at radius 3 is 2.67 bits per heavy atom. The van der Waals surface area contributed by atoms with Crippen LogP contribution in [0.5, 0.6) is 0 Å². The molecule has 0 radical (unpaired) electrons. The van der Waals surface area contributed by atoms with Crippen molar-refractivity contribution in [2.45, 2.75) is 51.7 Å². The number of aryl methyl sites for hydroxylation is 1. The maximum atomic E-state index is 13.3. The monoisotopic (exact) mass is 365 g/mol. The Balaban J connectivity index is 1.64. The highest BCUT2D eigenvalue weighted by atomic mass is 16.2. The SMILES string of the molecule is CCC(=O)N(CC(=O)N1CCn2cccc2C1c1cccc(C)c1)C1CC1. The molecule has 1 aliphatic heterocycles. The summed E-state index contributed by atoms with van der Waals surface area (Å²) in [6.07, 6.45) is 4.57. The van der Waals surface area contributed by atoms with E-state index in [9.17, 15) is 9.59 Å². The van der Waals surface area contributed by atoms with Crippen LogP contribution < -0.4 is 0 Å². The second kappa shape index (κ2) is 7.22. The van der Waals surface area contributed by atoms with Gasteiger partial charge in [-0.2, -0.15) is 0 Å². The standard InChI is InChI=1S/C22H27N3O2/c1-3-20(26)25(18-9-10-18)15-21(27)24-13-12-23-11-5-8-19(23)22(24)17-7-4-6-16(2)14-17/h4-8,11,14,18,22H,3,9-10,12-13,15H2,1-2H3. The van der Waals surface area contributed by atoms with Crippen molar-refractivity contribution in [1.82, 2.24) is 14.4 Å². The average molecular weight is 365 g/mol. The van der Waals surface area contributed by atoms with Crippen molar-refractivity contribution in [2.24, 2.45) is 0 Å². The zero-order valence-electron chi connectivity index (χ0n) is 16.1. The lowest BCUT2D eigenvalue weighted by Crippen LogP contribution is -2.48. The van der Waals surface area contributed by atoms with Crippen LogP contribution in [0.2, 0.25) is 0 Å². The summed E-state index contributed by atoms with van der Waals surface area (Å²) >= 11 is 0. The predicted octanol–water partition coefficient (Wildman–Crippen LogP) is 3.13. The number of hydrogen-bond acceptors (Lipinski definition) is 2. The van der Waals surface area contributed by atoms with E-state index >= 15 is 0 Å². The molecular weight excluding hydrogens is 338 g/mol. The first kappa shape index (κ1) is 17.8. The lowest BCUT2D eigenvalue weighted by Gasteiger charge is -2.38. The molecule has 2 aromatic rings. The molecule has 0 spiro atoms. The molecule has 1 aliphatic carbocycles. The minimum absolute atomic E-state index is 0.0441. The molecule has 142 valence electrons. The summed E-state index contributed by atoms with van der Waals surface area (Å²) in [6.45, 7) is 5.59. The second-order valence-corrected chi connectivity index (χ2v) is 7.64. The van der Waals surface area contributed by atoms with Gasteiger partial charge in [-0.3, -0.25) is 9.59 Å². The highest BCUT2D eigenvalue weighted by Gasteiger charge is 2.37. The Morgan fingerprint density at radius 1 is 1.15 bits per heavy atom. The van der Waals surface area contributed by atoms with E-state index in [0.29, 0.717) is 13.0 Å². The predicted molar refractivity (Wildman–Crippen MR) is 104 cm³/mol. The Labute approximate surface area is 160 Å². The van der Waals surface area contributed by atoms with Gasteiger partial charge in [0.1, 0.15) is 6.54 Å². The Hall–Kier alpha value is -2.56. The first-order valence-electron chi connectivity index (χ1n) is 9.89. The highest BCUT2D eigenvalue weighted by Crippen LogP contribution is 2.34. The molecular formula is C22H27N3O2. The van der Waals surface area contributed by atoms with Gasteiger partial charge < -0.3 is 14.4 Å². The van der Waals surface area contributed by atoms with Crippen molar-refractivity contribution in [2.75, 3.05) is 13.1 Å². The zero-order chi connectivity index (χ0) is 19.0. The number of nitrogens with zero attached hydrogens (tertiary/aromatic N) is 3. The van der Waals surface area contributed by atoms with E-state index in [0.717, 1.165) is 30.6 Å². The van der Waals surface area contributed by atoms with Gasteiger partial charge in [0, 0.05) is 37.4 Å². The smallest absolute Gasteiger partial charge is 0.243 e. The number of amides is 2. The average Bonchev–Trinajstić information content (AvgIpc) is 3.40. The van der Waals surface area contributed by atoms with Crippen LogP contribution in [0, 0.1) is 6.92 Å². The molecule has 1 unspecified atom stereocenters. The van der Waals surface area contributed by atoms with Gasteiger partial charge in [-0.25, -0.2) is 0 Å². The van der Waals surface area contributed by atoms with Crippen molar-refractivity contribution in [1.29, 1.82) is 0 Å². The van der Waals surface area contributed by atoms with E-state index in [1.807, 2.05) is 24.0 Å². The number of hydrogen-bond donors (Lipinski definition) is 0. The summed E-state index contributed by atoms with van der Waals surface area (Å²) < 4.78 is 2.23. The molecule has 5 heteroatoms. The van der Waals surface area contributed by atoms with Crippen molar-refractivity contribution in [3.63, 3.8) is 0 Å². The normalized spacial score (nSPS) is 18.9. The van der Waals surface area contributed by atoms with Gasteiger partial charge in [-0.1, -0.05) is 36.8 Å². The number of carbonyl (C=O) groups is 2. The number of fused-ring (bicyclic) bond motifs is 1. The van der Waals surface area contributed by atoms with Gasteiger partial charge in [0.25, 0.3) is 0 Å². The Kier molecular flexibility index (Phi) is 4.77. The van der Waals surface area contributed by atoms with E-state index in [2.05, 4.69) is 42.0 Å². The third-order valence-electron chi connectivity index (χ3n) is 5.63. The van der Waals surface area contributed by atoms with Gasteiger partial charge in [0.15, 0.2) is 0 Å². The zero-order valence-corrected chi connectivity index (χ0v) is 16.1. The molecule has 27 heavy (non-hydrogen) atoms. The fraction of sp³-hybridized carbons (Fsp3) is 0.455. The number of aromatic nitrogens is 1. The molecule has 2 amide bonds. The molecule has 0 N–H and O–H groups in total. The largest absolute Gasteiger partial charge is 0.348 e. The number of benzene rings is 1. The van der Waals surface area contributed by atoms with Crippen LogP contribution in [-0.2, 0) is 16.1 Å². The second-order valence-electron chi connectivity index (χ2n) is 7.64. The van der Waals surface area contributed by atoms with Crippen LogP contribution in [0.1, 0.15) is 49.0 Å². The molecule has 2 aliphatic rings. The maximum Gasteiger partial charge on any atom is 0.243 e. The first-order chi connectivity index (χ1) is 13.1. The third-order valence-corrected chi connectivity index (χ3v) is 5.63. The fourth-order valence-electron chi connectivity index (χ4n) is 4.09. The lowest BCUT2D eigenvalue weighted by molar-refractivity contribution is -0.142. The molecule has 0 bridgehead atoms. The van der Waals surface area contributed by atoms with Crippen molar-refractivity contribution in [3.05, 3.63) is 59.4 Å². The molecule has 1 atom stereocenters.